The standard InChI is InChI=1S/C17H19N5S/c1-12-4-5-13-14(10-12)23-17-15(13)16(20-11-21-17)22(8-2-6-18)9-3-7-19/h11-12H,2-5,8-10H2,1H3/t12-/m1/s1. The highest BCUT2D eigenvalue weighted by Gasteiger charge is 2.24. The Morgan fingerprint density at radius 3 is 2.70 bits per heavy atom. The second-order valence-electron chi connectivity index (χ2n) is 6.03. The highest BCUT2D eigenvalue weighted by Crippen LogP contribution is 2.40. The molecule has 2 aromatic heterocycles. The number of fused-ring (bicyclic) bond motifs is 3. The average Bonchev–Trinajstić information content (AvgIpc) is 2.92. The maximum absolute atomic E-state index is 8.91. The molecule has 0 bridgehead atoms. The molecule has 0 N–H and O–H groups in total. The summed E-state index contributed by atoms with van der Waals surface area (Å²) in [5, 5.41) is 19.0. The van der Waals surface area contributed by atoms with E-state index in [0.29, 0.717) is 25.9 Å². The zero-order chi connectivity index (χ0) is 16.2. The van der Waals surface area contributed by atoms with E-state index in [1.807, 2.05) is 0 Å². The summed E-state index contributed by atoms with van der Waals surface area (Å²) in [5.41, 5.74) is 1.39. The van der Waals surface area contributed by atoms with E-state index in [-0.39, 0.29) is 0 Å². The Morgan fingerprint density at radius 1 is 1.26 bits per heavy atom. The first-order valence-corrected chi connectivity index (χ1v) is 8.80. The number of hydrogen-bond donors (Lipinski definition) is 0. The fourth-order valence-corrected chi connectivity index (χ4v) is 4.54. The van der Waals surface area contributed by atoms with Crippen LogP contribution in [0.3, 0.4) is 0 Å². The van der Waals surface area contributed by atoms with E-state index in [2.05, 4.69) is 33.9 Å². The van der Waals surface area contributed by atoms with Crippen LogP contribution >= 0.6 is 11.3 Å². The number of nitrogens with zero attached hydrogens (tertiary/aromatic N) is 5. The molecule has 1 aliphatic carbocycles. The minimum absolute atomic E-state index is 0.431. The van der Waals surface area contributed by atoms with Gasteiger partial charge < -0.3 is 4.90 Å². The van der Waals surface area contributed by atoms with Gasteiger partial charge in [-0.2, -0.15) is 10.5 Å². The number of thiophene rings is 1. The van der Waals surface area contributed by atoms with E-state index < -0.39 is 0 Å². The third kappa shape index (κ3) is 3.13. The van der Waals surface area contributed by atoms with Gasteiger partial charge in [-0.3, -0.25) is 0 Å². The summed E-state index contributed by atoms with van der Waals surface area (Å²) in [7, 11) is 0. The molecule has 23 heavy (non-hydrogen) atoms. The molecule has 0 saturated heterocycles. The molecule has 0 spiro atoms. The summed E-state index contributed by atoms with van der Waals surface area (Å²) in [4.78, 5) is 13.5. The molecule has 2 aromatic rings. The van der Waals surface area contributed by atoms with Gasteiger partial charge in [0.2, 0.25) is 0 Å². The average molecular weight is 325 g/mol. The van der Waals surface area contributed by atoms with Crippen LogP contribution < -0.4 is 4.90 Å². The van der Waals surface area contributed by atoms with Crippen LogP contribution in [0.4, 0.5) is 5.82 Å². The predicted octanol–water partition coefficient (Wildman–Crippen LogP) is 3.45. The molecule has 1 aliphatic rings. The van der Waals surface area contributed by atoms with Crippen molar-refractivity contribution in [1.29, 1.82) is 10.5 Å². The molecule has 2 heterocycles. The molecule has 6 heteroatoms. The van der Waals surface area contributed by atoms with Gasteiger partial charge in [0.1, 0.15) is 17.0 Å². The summed E-state index contributed by atoms with van der Waals surface area (Å²) in [6.07, 6.45) is 5.85. The lowest BCUT2D eigenvalue weighted by molar-refractivity contribution is 0.509. The van der Waals surface area contributed by atoms with Crippen LogP contribution in [0.1, 0.15) is 36.6 Å². The lowest BCUT2D eigenvalue weighted by Gasteiger charge is -2.23. The second-order valence-corrected chi connectivity index (χ2v) is 7.12. The lowest BCUT2D eigenvalue weighted by Crippen LogP contribution is -2.26. The zero-order valence-corrected chi connectivity index (χ0v) is 14.1. The van der Waals surface area contributed by atoms with Crippen molar-refractivity contribution in [3.05, 3.63) is 16.8 Å². The fraction of sp³-hybridized carbons (Fsp3) is 0.529. The van der Waals surface area contributed by atoms with Gasteiger partial charge in [0, 0.05) is 18.0 Å². The molecular formula is C17H19N5S. The van der Waals surface area contributed by atoms with Crippen LogP contribution in [0.2, 0.25) is 0 Å². The lowest BCUT2D eigenvalue weighted by atomic mass is 9.89. The Morgan fingerprint density at radius 2 is 2.00 bits per heavy atom. The van der Waals surface area contributed by atoms with E-state index in [1.54, 1.807) is 17.7 Å². The third-order valence-electron chi connectivity index (χ3n) is 4.36. The number of anilines is 1. The Bertz CT molecular complexity index is 765. The zero-order valence-electron chi connectivity index (χ0n) is 13.2. The summed E-state index contributed by atoms with van der Waals surface area (Å²) in [5.74, 6) is 1.62. The van der Waals surface area contributed by atoms with E-state index in [4.69, 9.17) is 10.5 Å². The number of nitriles is 2. The monoisotopic (exact) mass is 325 g/mol. The highest BCUT2D eigenvalue weighted by molar-refractivity contribution is 7.19. The first kappa shape index (κ1) is 15.7. The summed E-state index contributed by atoms with van der Waals surface area (Å²) >= 11 is 1.77. The molecule has 1 atom stereocenters. The van der Waals surface area contributed by atoms with Crippen LogP contribution in [-0.4, -0.2) is 23.1 Å². The Hall–Kier alpha value is -2.18. The smallest absolute Gasteiger partial charge is 0.141 e. The molecule has 0 fully saturated rings. The normalized spacial score (nSPS) is 16.6. The van der Waals surface area contributed by atoms with Crippen molar-refractivity contribution in [2.75, 3.05) is 18.0 Å². The SMILES string of the molecule is C[C@@H]1CCc2c(sc3ncnc(N(CCC#N)CCC#N)c23)C1. The van der Waals surface area contributed by atoms with Crippen molar-refractivity contribution in [3.63, 3.8) is 0 Å². The number of hydrogen-bond acceptors (Lipinski definition) is 6. The first-order chi connectivity index (χ1) is 11.2. The molecule has 3 rings (SSSR count). The minimum Gasteiger partial charge on any atom is -0.354 e. The van der Waals surface area contributed by atoms with Gasteiger partial charge in [-0.25, -0.2) is 9.97 Å². The van der Waals surface area contributed by atoms with Crippen molar-refractivity contribution in [1.82, 2.24) is 9.97 Å². The van der Waals surface area contributed by atoms with Crippen LogP contribution in [0.5, 0.6) is 0 Å². The maximum atomic E-state index is 8.91. The van der Waals surface area contributed by atoms with Gasteiger partial charge in [-0.15, -0.1) is 11.3 Å². The Balaban J connectivity index is 2.05. The van der Waals surface area contributed by atoms with E-state index in [9.17, 15) is 0 Å². The number of aryl methyl sites for hydroxylation is 1. The molecule has 0 amide bonds. The molecule has 0 radical (unpaired) electrons. The summed E-state index contributed by atoms with van der Waals surface area (Å²) < 4.78 is 0. The van der Waals surface area contributed by atoms with Crippen LogP contribution in [0, 0.1) is 28.6 Å². The van der Waals surface area contributed by atoms with Crippen molar-refractivity contribution >= 4 is 27.4 Å². The maximum Gasteiger partial charge on any atom is 0.141 e. The highest BCUT2D eigenvalue weighted by atomic mass is 32.1. The van der Waals surface area contributed by atoms with Crippen LogP contribution in [-0.2, 0) is 12.8 Å². The molecular weight excluding hydrogens is 306 g/mol. The Kier molecular flexibility index (Phi) is 4.73. The van der Waals surface area contributed by atoms with Gasteiger partial charge in [-0.05, 0) is 30.7 Å². The number of rotatable bonds is 5. The molecule has 5 nitrogen and oxygen atoms in total. The van der Waals surface area contributed by atoms with E-state index in [0.717, 1.165) is 34.8 Å². The fourth-order valence-electron chi connectivity index (χ4n) is 3.19. The topological polar surface area (TPSA) is 76.6 Å². The quantitative estimate of drug-likeness (QED) is 0.841. The van der Waals surface area contributed by atoms with Crippen molar-refractivity contribution in [2.24, 2.45) is 5.92 Å². The molecule has 0 aliphatic heterocycles. The van der Waals surface area contributed by atoms with Crippen LogP contribution in [0.15, 0.2) is 6.33 Å². The van der Waals surface area contributed by atoms with Gasteiger partial charge >= 0.3 is 0 Å². The molecule has 0 saturated carbocycles. The predicted molar refractivity (Wildman–Crippen MR) is 91.3 cm³/mol. The van der Waals surface area contributed by atoms with Crippen molar-refractivity contribution < 1.29 is 0 Å². The van der Waals surface area contributed by atoms with E-state index in [1.165, 1.54) is 16.9 Å². The van der Waals surface area contributed by atoms with Crippen molar-refractivity contribution in [2.45, 2.75) is 39.0 Å². The van der Waals surface area contributed by atoms with Crippen molar-refractivity contribution in [3.8, 4) is 12.1 Å². The molecule has 118 valence electrons. The first-order valence-electron chi connectivity index (χ1n) is 7.98. The summed E-state index contributed by atoms with van der Waals surface area (Å²) in [6, 6.07) is 4.38. The second kappa shape index (κ2) is 6.93. The van der Waals surface area contributed by atoms with Gasteiger partial charge in [-0.1, -0.05) is 6.92 Å². The van der Waals surface area contributed by atoms with E-state index >= 15 is 0 Å². The largest absolute Gasteiger partial charge is 0.354 e. The minimum atomic E-state index is 0.431. The molecule has 0 unspecified atom stereocenters. The van der Waals surface area contributed by atoms with Crippen LogP contribution in [0.25, 0.3) is 10.2 Å². The van der Waals surface area contributed by atoms with Gasteiger partial charge in [0.25, 0.3) is 0 Å². The third-order valence-corrected chi connectivity index (χ3v) is 5.52. The molecule has 0 aromatic carbocycles. The summed E-state index contributed by atoms with van der Waals surface area (Å²) in [6.45, 7) is 3.50. The van der Waals surface area contributed by atoms with Gasteiger partial charge in [0.05, 0.1) is 30.4 Å². The van der Waals surface area contributed by atoms with Gasteiger partial charge in [0.15, 0.2) is 0 Å². The number of aromatic nitrogens is 2. The Labute approximate surface area is 140 Å².